The summed E-state index contributed by atoms with van der Waals surface area (Å²) in [5, 5.41) is 10.3. The van der Waals surface area contributed by atoms with Crippen LogP contribution in [0.25, 0.3) is 0 Å². The average molecular weight is 390 g/mol. The van der Waals surface area contributed by atoms with Gasteiger partial charge < -0.3 is 10.1 Å². The molecule has 0 fully saturated rings. The van der Waals surface area contributed by atoms with Crippen molar-refractivity contribution in [2.24, 2.45) is 0 Å². The number of hydrogen-bond donors (Lipinski definition) is 2. The van der Waals surface area contributed by atoms with Gasteiger partial charge in [0.2, 0.25) is 11.1 Å². The van der Waals surface area contributed by atoms with Crippen molar-refractivity contribution in [2.75, 3.05) is 11.1 Å². The molecule has 0 atom stereocenters. The maximum atomic E-state index is 12.0. The zero-order chi connectivity index (χ0) is 18.4. The van der Waals surface area contributed by atoms with Crippen molar-refractivity contribution in [3.63, 3.8) is 0 Å². The number of H-pyrrole nitrogens is 1. The van der Waals surface area contributed by atoms with E-state index in [0.717, 1.165) is 11.3 Å². The summed E-state index contributed by atoms with van der Waals surface area (Å²) in [5.41, 5.74) is 1.52. The molecule has 0 radical (unpaired) electrons. The van der Waals surface area contributed by atoms with Crippen LogP contribution in [0.5, 0.6) is 5.75 Å². The molecule has 1 amide bonds. The van der Waals surface area contributed by atoms with Crippen LogP contribution in [0.4, 0.5) is 5.69 Å². The van der Waals surface area contributed by atoms with Crippen LogP contribution in [-0.4, -0.2) is 31.8 Å². The number of thioether (sulfide) groups is 1. The Bertz CT molecular complexity index is 902. The largest absolute Gasteiger partial charge is 0.485 e. The van der Waals surface area contributed by atoms with Gasteiger partial charge in [-0.1, -0.05) is 41.6 Å². The SMILES string of the molecule is Cc1ccccc1OCc1nc(SCC(=O)Nc2cccnc2Cl)n[nH]1. The molecule has 7 nitrogen and oxygen atoms in total. The first kappa shape index (κ1) is 18.2. The zero-order valence-corrected chi connectivity index (χ0v) is 15.5. The minimum atomic E-state index is -0.215. The first-order valence-electron chi connectivity index (χ1n) is 7.74. The van der Waals surface area contributed by atoms with Gasteiger partial charge >= 0.3 is 0 Å². The summed E-state index contributed by atoms with van der Waals surface area (Å²) in [7, 11) is 0. The van der Waals surface area contributed by atoms with Gasteiger partial charge in [-0.2, -0.15) is 0 Å². The van der Waals surface area contributed by atoms with Crippen molar-refractivity contribution < 1.29 is 9.53 Å². The molecule has 0 aliphatic heterocycles. The predicted octanol–water partition coefficient (Wildman–Crippen LogP) is 3.47. The Morgan fingerprint density at radius 2 is 2.15 bits per heavy atom. The van der Waals surface area contributed by atoms with Gasteiger partial charge in [0.1, 0.15) is 12.4 Å². The Kier molecular flexibility index (Phi) is 6.08. The number of para-hydroxylation sites is 1. The number of halogens is 1. The van der Waals surface area contributed by atoms with E-state index in [1.807, 2.05) is 31.2 Å². The standard InChI is InChI=1S/C17H16ClN5O2S/c1-11-5-2-3-7-13(11)25-9-14-21-17(23-22-14)26-10-15(24)20-12-6-4-8-19-16(12)18/h2-8H,9-10H2,1H3,(H,20,24)(H,21,22,23). The highest BCUT2D eigenvalue weighted by molar-refractivity contribution is 7.99. The van der Waals surface area contributed by atoms with E-state index in [1.54, 1.807) is 18.3 Å². The number of hydrogen-bond acceptors (Lipinski definition) is 6. The second-order valence-corrected chi connectivity index (χ2v) is 6.60. The molecule has 3 rings (SSSR count). The lowest BCUT2D eigenvalue weighted by atomic mass is 10.2. The van der Waals surface area contributed by atoms with Crippen LogP contribution in [0, 0.1) is 6.92 Å². The number of nitrogens with zero attached hydrogens (tertiary/aromatic N) is 3. The van der Waals surface area contributed by atoms with E-state index in [-0.39, 0.29) is 23.4 Å². The number of pyridine rings is 1. The summed E-state index contributed by atoms with van der Waals surface area (Å²) in [6, 6.07) is 11.1. The Labute approximate surface area is 159 Å². The fourth-order valence-corrected chi connectivity index (χ4v) is 2.85. The van der Waals surface area contributed by atoms with Gasteiger partial charge in [-0.25, -0.2) is 9.97 Å². The van der Waals surface area contributed by atoms with Gasteiger partial charge in [0, 0.05) is 6.20 Å². The van der Waals surface area contributed by atoms with E-state index in [0.29, 0.717) is 16.7 Å². The molecule has 0 spiro atoms. The number of anilines is 1. The molecule has 0 saturated heterocycles. The monoisotopic (exact) mass is 389 g/mol. The first-order valence-corrected chi connectivity index (χ1v) is 9.11. The molecule has 2 aromatic heterocycles. The van der Waals surface area contributed by atoms with Crippen molar-refractivity contribution in [2.45, 2.75) is 18.7 Å². The van der Waals surface area contributed by atoms with Crippen molar-refractivity contribution in [3.05, 3.63) is 59.1 Å². The van der Waals surface area contributed by atoms with Crippen molar-refractivity contribution in [1.29, 1.82) is 0 Å². The highest BCUT2D eigenvalue weighted by Crippen LogP contribution is 2.20. The second kappa shape index (κ2) is 8.68. The minimum Gasteiger partial charge on any atom is -0.485 e. The third-order valence-corrected chi connectivity index (χ3v) is 4.48. The van der Waals surface area contributed by atoms with Gasteiger partial charge in [-0.05, 0) is 30.7 Å². The van der Waals surface area contributed by atoms with Crippen LogP contribution in [-0.2, 0) is 11.4 Å². The van der Waals surface area contributed by atoms with Crippen molar-refractivity contribution in [1.82, 2.24) is 20.2 Å². The number of aromatic amines is 1. The fourth-order valence-electron chi connectivity index (χ4n) is 2.07. The molecule has 2 N–H and O–H groups in total. The number of aromatic nitrogens is 4. The minimum absolute atomic E-state index is 0.154. The fraction of sp³-hybridized carbons (Fsp3) is 0.176. The molecule has 1 aromatic carbocycles. The Hall–Kier alpha value is -2.58. The molecule has 0 aliphatic rings. The molecule has 2 heterocycles. The van der Waals surface area contributed by atoms with E-state index >= 15 is 0 Å². The quantitative estimate of drug-likeness (QED) is 0.474. The average Bonchev–Trinajstić information content (AvgIpc) is 3.09. The lowest BCUT2D eigenvalue weighted by Gasteiger charge is -2.06. The van der Waals surface area contributed by atoms with E-state index < -0.39 is 0 Å². The number of nitrogens with one attached hydrogen (secondary N) is 2. The molecule has 26 heavy (non-hydrogen) atoms. The topological polar surface area (TPSA) is 92.8 Å². The molecule has 0 saturated carbocycles. The lowest BCUT2D eigenvalue weighted by Crippen LogP contribution is -2.14. The number of rotatable bonds is 7. The molecule has 134 valence electrons. The van der Waals surface area contributed by atoms with Crippen LogP contribution in [0.3, 0.4) is 0 Å². The van der Waals surface area contributed by atoms with Crippen LogP contribution >= 0.6 is 23.4 Å². The Balaban J connectivity index is 1.48. The Morgan fingerprint density at radius 3 is 2.96 bits per heavy atom. The van der Waals surface area contributed by atoms with Crippen LogP contribution < -0.4 is 10.1 Å². The lowest BCUT2D eigenvalue weighted by molar-refractivity contribution is -0.113. The van der Waals surface area contributed by atoms with E-state index in [9.17, 15) is 4.79 Å². The van der Waals surface area contributed by atoms with Crippen LogP contribution in [0.15, 0.2) is 47.8 Å². The molecule has 9 heteroatoms. The molecule has 0 aliphatic carbocycles. The summed E-state index contributed by atoms with van der Waals surface area (Å²) in [4.78, 5) is 20.2. The molecule has 0 unspecified atom stereocenters. The van der Waals surface area contributed by atoms with Gasteiger partial charge in [-0.3, -0.25) is 9.89 Å². The number of carbonyl (C=O) groups excluding carboxylic acids is 1. The third kappa shape index (κ3) is 4.96. The number of carbonyl (C=O) groups is 1. The number of benzene rings is 1. The number of aryl methyl sites for hydroxylation is 1. The smallest absolute Gasteiger partial charge is 0.234 e. The van der Waals surface area contributed by atoms with Crippen molar-refractivity contribution >= 4 is 35.0 Å². The van der Waals surface area contributed by atoms with Gasteiger partial charge in [0.25, 0.3) is 0 Å². The molecular weight excluding hydrogens is 374 g/mol. The first-order chi connectivity index (χ1) is 12.6. The van der Waals surface area contributed by atoms with Crippen molar-refractivity contribution in [3.8, 4) is 5.75 Å². The summed E-state index contributed by atoms with van der Waals surface area (Å²) in [6.07, 6.45) is 1.56. The van der Waals surface area contributed by atoms with Crippen LogP contribution in [0.2, 0.25) is 5.15 Å². The second-order valence-electron chi connectivity index (χ2n) is 5.30. The maximum absolute atomic E-state index is 12.0. The van der Waals surface area contributed by atoms with E-state index in [4.69, 9.17) is 16.3 Å². The van der Waals surface area contributed by atoms with Gasteiger partial charge in [0.15, 0.2) is 11.0 Å². The van der Waals surface area contributed by atoms with Gasteiger partial charge in [0.05, 0.1) is 11.4 Å². The third-order valence-electron chi connectivity index (χ3n) is 3.33. The summed E-state index contributed by atoms with van der Waals surface area (Å²) >= 11 is 7.12. The van der Waals surface area contributed by atoms with Gasteiger partial charge in [-0.15, -0.1) is 5.10 Å². The van der Waals surface area contributed by atoms with E-state index in [1.165, 1.54) is 11.8 Å². The summed E-state index contributed by atoms with van der Waals surface area (Å²) in [6.45, 7) is 2.25. The van der Waals surface area contributed by atoms with E-state index in [2.05, 4.69) is 25.5 Å². The predicted molar refractivity (Wildman–Crippen MR) is 100 cm³/mol. The maximum Gasteiger partial charge on any atom is 0.234 e. The zero-order valence-electron chi connectivity index (χ0n) is 13.9. The number of amides is 1. The summed E-state index contributed by atoms with van der Waals surface area (Å²) < 4.78 is 5.71. The molecule has 3 aromatic rings. The highest BCUT2D eigenvalue weighted by Gasteiger charge is 2.10. The Morgan fingerprint density at radius 1 is 1.31 bits per heavy atom. The normalized spacial score (nSPS) is 10.5. The summed E-state index contributed by atoms with van der Waals surface area (Å²) in [5.74, 6) is 1.32. The van der Waals surface area contributed by atoms with Crippen LogP contribution in [0.1, 0.15) is 11.4 Å². The number of ether oxygens (including phenoxy) is 1. The molecular formula is C17H16ClN5O2S. The molecule has 0 bridgehead atoms. The highest BCUT2D eigenvalue weighted by atomic mass is 35.5.